The summed E-state index contributed by atoms with van der Waals surface area (Å²) in [5.41, 5.74) is 3.28. The fraction of sp³-hybridized carbons (Fsp3) is 0.222. The van der Waals surface area contributed by atoms with Gasteiger partial charge >= 0.3 is 0 Å². The maximum Gasteiger partial charge on any atom is 0.295 e. The van der Waals surface area contributed by atoms with Crippen molar-refractivity contribution in [2.45, 2.75) is 24.7 Å². The molecule has 2 saturated heterocycles. The Morgan fingerprint density at radius 1 is 0.973 bits per heavy atom. The van der Waals surface area contributed by atoms with Gasteiger partial charge in [-0.2, -0.15) is 4.98 Å². The second-order valence-corrected chi connectivity index (χ2v) is 9.11. The summed E-state index contributed by atoms with van der Waals surface area (Å²) in [6.07, 6.45) is 3.68. The Bertz CT molecular complexity index is 1570. The molecule has 7 rings (SSSR count). The maximum atomic E-state index is 15.5. The number of rotatable bonds is 5. The summed E-state index contributed by atoms with van der Waals surface area (Å²) in [5.74, 6) is -1.43. The van der Waals surface area contributed by atoms with E-state index in [1.807, 2.05) is 36.4 Å². The fourth-order valence-corrected chi connectivity index (χ4v) is 5.03. The molecule has 8 nitrogen and oxygen atoms in total. The van der Waals surface area contributed by atoms with Crippen molar-refractivity contribution in [3.8, 4) is 34.0 Å². The van der Waals surface area contributed by atoms with Gasteiger partial charge in [-0.15, -0.1) is 5.10 Å². The molecule has 186 valence electrons. The van der Waals surface area contributed by atoms with E-state index in [4.69, 9.17) is 14.2 Å². The number of aromatic amines is 1. The number of aromatic nitrogens is 5. The van der Waals surface area contributed by atoms with E-state index >= 15 is 8.78 Å². The van der Waals surface area contributed by atoms with Gasteiger partial charge in [0, 0.05) is 12.7 Å². The van der Waals surface area contributed by atoms with Gasteiger partial charge in [0.25, 0.3) is 6.01 Å². The Labute approximate surface area is 209 Å². The zero-order valence-corrected chi connectivity index (χ0v) is 19.5. The van der Waals surface area contributed by atoms with Crippen LogP contribution in [0, 0.1) is 11.6 Å². The zero-order valence-electron chi connectivity index (χ0n) is 19.5. The van der Waals surface area contributed by atoms with Crippen LogP contribution in [0.2, 0.25) is 0 Å². The van der Waals surface area contributed by atoms with Gasteiger partial charge in [0.2, 0.25) is 0 Å². The second-order valence-electron chi connectivity index (χ2n) is 9.11. The van der Waals surface area contributed by atoms with Gasteiger partial charge in [0.05, 0.1) is 41.9 Å². The molecule has 2 aliphatic heterocycles. The number of benzene rings is 3. The van der Waals surface area contributed by atoms with Crippen LogP contribution in [0.1, 0.15) is 6.42 Å². The van der Waals surface area contributed by atoms with Crippen molar-refractivity contribution in [3.05, 3.63) is 78.6 Å². The van der Waals surface area contributed by atoms with Gasteiger partial charge in [-0.3, -0.25) is 0 Å². The third-order valence-electron chi connectivity index (χ3n) is 6.89. The number of halogens is 2. The molecule has 3 atom stereocenters. The minimum Gasteiger partial charge on any atom is -0.456 e. The van der Waals surface area contributed by atoms with Crippen LogP contribution in [-0.4, -0.2) is 56.5 Å². The van der Waals surface area contributed by atoms with Crippen molar-refractivity contribution in [1.29, 1.82) is 0 Å². The first-order valence-electron chi connectivity index (χ1n) is 12.0. The number of nitrogens with zero attached hydrogens (tertiary/aromatic N) is 4. The van der Waals surface area contributed by atoms with Crippen LogP contribution < -0.4 is 4.74 Å². The molecule has 1 N–H and O–H groups in total. The van der Waals surface area contributed by atoms with Crippen molar-refractivity contribution in [2.24, 2.45) is 0 Å². The Hall–Kier alpha value is -4.15. The summed E-state index contributed by atoms with van der Waals surface area (Å²) >= 11 is 0. The molecule has 2 fully saturated rings. The lowest BCUT2D eigenvalue weighted by Gasteiger charge is -2.15. The molecule has 2 aliphatic rings. The fourth-order valence-electron chi connectivity index (χ4n) is 5.03. The SMILES string of the molecule is Fc1cc2[nH]c(OC3CO[C@@H]4CCO[C@H]34)nc2c(F)c1-c1ccc(-c2ccc(-n3ccnn3)cc2)cc1. The minimum atomic E-state index is -0.747. The molecule has 2 aromatic heterocycles. The highest BCUT2D eigenvalue weighted by Gasteiger charge is 2.43. The molecular formula is C27H21F2N5O3. The van der Waals surface area contributed by atoms with E-state index in [0.717, 1.165) is 23.2 Å². The van der Waals surface area contributed by atoms with Crippen LogP contribution in [0.3, 0.4) is 0 Å². The zero-order chi connectivity index (χ0) is 24.9. The van der Waals surface area contributed by atoms with Crippen molar-refractivity contribution >= 4 is 11.0 Å². The summed E-state index contributed by atoms with van der Waals surface area (Å²) in [5, 5.41) is 7.80. The molecule has 0 saturated carbocycles. The van der Waals surface area contributed by atoms with E-state index < -0.39 is 11.6 Å². The van der Waals surface area contributed by atoms with Gasteiger partial charge in [0.1, 0.15) is 17.4 Å². The summed E-state index contributed by atoms with van der Waals surface area (Å²) in [6.45, 7) is 0.982. The van der Waals surface area contributed by atoms with Crippen LogP contribution in [0.15, 0.2) is 67.0 Å². The first kappa shape index (κ1) is 22.1. The molecule has 0 spiro atoms. The highest BCUT2D eigenvalue weighted by molar-refractivity contribution is 5.84. The first-order chi connectivity index (χ1) is 18.1. The van der Waals surface area contributed by atoms with Gasteiger partial charge in [0.15, 0.2) is 11.9 Å². The highest BCUT2D eigenvalue weighted by atomic mass is 19.1. The Kier molecular flexibility index (Phi) is 5.22. The maximum absolute atomic E-state index is 15.5. The summed E-state index contributed by atoms with van der Waals surface area (Å²) < 4.78 is 49.5. The van der Waals surface area contributed by atoms with E-state index in [1.165, 1.54) is 6.07 Å². The topological polar surface area (TPSA) is 87.1 Å². The standard InChI is InChI=1S/C27H21F2N5O3/c28-19-13-20-25(32-27(31-20)37-22-14-36-21-9-12-35-26(21)22)24(29)23(19)17-3-1-15(2-4-17)16-5-7-18(8-6-16)34-11-10-30-33-34/h1-8,10-11,13,21-22,26H,9,12,14H2,(H,31,32)/t21-,22?,26+/m1/s1. The van der Waals surface area contributed by atoms with Gasteiger partial charge in [-0.05, 0) is 35.2 Å². The van der Waals surface area contributed by atoms with Crippen LogP contribution >= 0.6 is 0 Å². The number of imidazole rings is 1. The van der Waals surface area contributed by atoms with E-state index in [-0.39, 0.29) is 40.9 Å². The number of hydrogen-bond acceptors (Lipinski definition) is 6. The number of nitrogens with one attached hydrogen (secondary N) is 1. The van der Waals surface area contributed by atoms with Gasteiger partial charge in [-0.25, -0.2) is 13.5 Å². The van der Waals surface area contributed by atoms with E-state index in [1.54, 1.807) is 29.2 Å². The molecule has 0 bridgehead atoms. The van der Waals surface area contributed by atoms with Crippen LogP contribution in [0.4, 0.5) is 8.78 Å². The number of H-pyrrole nitrogens is 1. The molecule has 0 amide bonds. The Morgan fingerprint density at radius 2 is 1.73 bits per heavy atom. The second kappa shape index (κ2) is 8.75. The smallest absolute Gasteiger partial charge is 0.295 e. The normalized spacial score (nSPS) is 21.0. The van der Waals surface area contributed by atoms with Crippen molar-refractivity contribution < 1.29 is 23.0 Å². The summed E-state index contributed by atoms with van der Waals surface area (Å²) in [6, 6.07) is 16.2. The number of fused-ring (bicyclic) bond motifs is 2. The molecular weight excluding hydrogens is 480 g/mol. The van der Waals surface area contributed by atoms with E-state index in [9.17, 15) is 0 Å². The molecule has 1 unspecified atom stereocenters. The molecule has 37 heavy (non-hydrogen) atoms. The lowest BCUT2D eigenvalue weighted by molar-refractivity contribution is 0.0273. The third kappa shape index (κ3) is 3.85. The molecule has 0 radical (unpaired) electrons. The Morgan fingerprint density at radius 3 is 2.49 bits per heavy atom. The monoisotopic (exact) mass is 501 g/mol. The van der Waals surface area contributed by atoms with Crippen LogP contribution in [0.5, 0.6) is 6.01 Å². The molecule has 10 heteroatoms. The first-order valence-corrected chi connectivity index (χ1v) is 12.0. The largest absolute Gasteiger partial charge is 0.456 e. The van der Waals surface area contributed by atoms with Gasteiger partial charge in [-0.1, -0.05) is 41.6 Å². The number of hydrogen-bond donors (Lipinski definition) is 1. The lowest BCUT2D eigenvalue weighted by atomic mass is 9.99. The predicted molar refractivity (Wildman–Crippen MR) is 130 cm³/mol. The summed E-state index contributed by atoms with van der Waals surface area (Å²) in [7, 11) is 0. The van der Waals surface area contributed by atoms with Crippen LogP contribution in [0.25, 0.3) is 39.0 Å². The van der Waals surface area contributed by atoms with Crippen molar-refractivity contribution in [3.63, 3.8) is 0 Å². The van der Waals surface area contributed by atoms with E-state index in [0.29, 0.717) is 18.8 Å². The van der Waals surface area contributed by atoms with Gasteiger partial charge < -0.3 is 19.2 Å². The highest BCUT2D eigenvalue weighted by Crippen LogP contribution is 2.34. The molecule has 0 aliphatic carbocycles. The van der Waals surface area contributed by atoms with Crippen molar-refractivity contribution in [1.82, 2.24) is 25.0 Å². The number of ether oxygens (including phenoxy) is 3. The third-order valence-corrected chi connectivity index (χ3v) is 6.89. The molecule has 4 heterocycles. The average molecular weight is 501 g/mol. The molecule has 5 aromatic rings. The Balaban J connectivity index is 1.15. The predicted octanol–water partition coefficient (Wildman–Crippen LogP) is 4.69. The van der Waals surface area contributed by atoms with Crippen LogP contribution in [-0.2, 0) is 9.47 Å². The summed E-state index contributed by atoms with van der Waals surface area (Å²) in [4.78, 5) is 7.14. The molecule has 3 aromatic carbocycles. The average Bonchev–Trinajstić information content (AvgIpc) is 3.71. The minimum absolute atomic E-state index is 0.00441. The quantitative estimate of drug-likeness (QED) is 0.376. The van der Waals surface area contributed by atoms with Crippen molar-refractivity contribution in [2.75, 3.05) is 13.2 Å². The lowest BCUT2D eigenvalue weighted by Crippen LogP contribution is -2.32. The van der Waals surface area contributed by atoms with E-state index in [2.05, 4.69) is 20.3 Å².